The number of aryl methyl sites for hydroxylation is 1. The van der Waals surface area contributed by atoms with Crippen molar-refractivity contribution in [2.45, 2.75) is 44.4 Å². The third-order valence-corrected chi connectivity index (χ3v) is 2.90. The van der Waals surface area contributed by atoms with Crippen LogP contribution in [0, 0.1) is 0 Å². The Morgan fingerprint density at radius 2 is 2.40 bits per heavy atom. The van der Waals surface area contributed by atoms with Gasteiger partial charge in [0.05, 0.1) is 12.4 Å². The van der Waals surface area contributed by atoms with Crippen molar-refractivity contribution < 1.29 is 4.74 Å². The molecule has 1 aromatic heterocycles. The normalized spacial score (nSPS) is 25.9. The summed E-state index contributed by atoms with van der Waals surface area (Å²) in [4.78, 5) is 3.99. The third kappa shape index (κ3) is 3.32. The van der Waals surface area contributed by atoms with Crippen molar-refractivity contribution in [2.75, 3.05) is 6.61 Å². The molecule has 1 saturated carbocycles. The summed E-state index contributed by atoms with van der Waals surface area (Å²) in [5.74, 6) is 0. The summed E-state index contributed by atoms with van der Waals surface area (Å²) in [5.41, 5.74) is 5.81. The van der Waals surface area contributed by atoms with Crippen molar-refractivity contribution in [1.82, 2.24) is 9.55 Å². The van der Waals surface area contributed by atoms with Gasteiger partial charge in [-0.25, -0.2) is 4.98 Å². The summed E-state index contributed by atoms with van der Waals surface area (Å²) < 4.78 is 7.83. The van der Waals surface area contributed by atoms with Gasteiger partial charge in [-0.3, -0.25) is 0 Å². The molecule has 2 atom stereocenters. The van der Waals surface area contributed by atoms with Gasteiger partial charge < -0.3 is 15.0 Å². The zero-order chi connectivity index (χ0) is 10.5. The van der Waals surface area contributed by atoms with E-state index in [-0.39, 0.29) is 0 Å². The Bertz CT molecular complexity index is 273. The van der Waals surface area contributed by atoms with Gasteiger partial charge in [-0.05, 0) is 25.7 Å². The molecule has 0 saturated heterocycles. The molecular weight excluding hydrogens is 190 g/mol. The van der Waals surface area contributed by atoms with Crippen LogP contribution in [0.1, 0.15) is 25.7 Å². The minimum Gasteiger partial charge on any atom is -0.378 e. The molecule has 0 radical (unpaired) electrons. The van der Waals surface area contributed by atoms with Crippen LogP contribution in [0.4, 0.5) is 0 Å². The quantitative estimate of drug-likeness (QED) is 0.741. The fourth-order valence-electron chi connectivity index (χ4n) is 2.04. The predicted octanol–water partition coefficient (Wildman–Crippen LogP) is 1.17. The van der Waals surface area contributed by atoms with E-state index in [2.05, 4.69) is 9.55 Å². The lowest BCUT2D eigenvalue weighted by Gasteiger charge is -2.11. The van der Waals surface area contributed by atoms with Crippen LogP contribution in [0.25, 0.3) is 0 Å². The number of hydrogen-bond donors (Lipinski definition) is 1. The monoisotopic (exact) mass is 209 g/mol. The number of aromatic nitrogens is 2. The maximum absolute atomic E-state index is 5.81. The van der Waals surface area contributed by atoms with E-state index in [1.54, 1.807) is 6.20 Å². The first kappa shape index (κ1) is 10.6. The Hall–Kier alpha value is -0.870. The fourth-order valence-corrected chi connectivity index (χ4v) is 2.04. The van der Waals surface area contributed by atoms with Crippen LogP contribution in [0.15, 0.2) is 18.7 Å². The molecule has 1 aliphatic rings. The topological polar surface area (TPSA) is 53.1 Å². The van der Waals surface area contributed by atoms with Gasteiger partial charge in [0.2, 0.25) is 0 Å². The smallest absolute Gasteiger partial charge is 0.0945 e. The molecule has 1 fully saturated rings. The second-order valence-electron chi connectivity index (χ2n) is 4.22. The fraction of sp³-hybridized carbons (Fsp3) is 0.727. The molecule has 2 rings (SSSR count). The molecule has 0 bridgehead atoms. The van der Waals surface area contributed by atoms with Gasteiger partial charge in [0, 0.05) is 31.6 Å². The zero-order valence-electron chi connectivity index (χ0n) is 9.01. The maximum Gasteiger partial charge on any atom is 0.0945 e. The SMILES string of the molecule is NC1CCC(OCCCn2ccnc2)C1. The van der Waals surface area contributed by atoms with E-state index >= 15 is 0 Å². The molecule has 2 unspecified atom stereocenters. The van der Waals surface area contributed by atoms with Crippen LogP contribution >= 0.6 is 0 Å². The van der Waals surface area contributed by atoms with Crippen molar-refractivity contribution in [1.29, 1.82) is 0 Å². The summed E-state index contributed by atoms with van der Waals surface area (Å²) in [5, 5.41) is 0. The van der Waals surface area contributed by atoms with Crippen LogP contribution in [-0.4, -0.2) is 28.3 Å². The number of ether oxygens (including phenoxy) is 1. The summed E-state index contributed by atoms with van der Waals surface area (Å²) in [7, 11) is 0. The Morgan fingerprint density at radius 1 is 1.47 bits per heavy atom. The molecule has 84 valence electrons. The Morgan fingerprint density at radius 3 is 3.07 bits per heavy atom. The highest BCUT2D eigenvalue weighted by Crippen LogP contribution is 2.20. The van der Waals surface area contributed by atoms with Gasteiger partial charge >= 0.3 is 0 Å². The van der Waals surface area contributed by atoms with E-state index in [1.807, 2.05) is 12.5 Å². The highest BCUT2D eigenvalue weighted by Gasteiger charge is 2.21. The highest BCUT2D eigenvalue weighted by molar-refractivity contribution is 4.78. The van der Waals surface area contributed by atoms with E-state index < -0.39 is 0 Å². The Labute approximate surface area is 90.4 Å². The molecular formula is C11H19N3O. The number of imidazole rings is 1. The molecule has 0 amide bonds. The van der Waals surface area contributed by atoms with Gasteiger partial charge in [-0.15, -0.1) is 0 Å². The average molecular weight is 209 g/mol. The standard InChI is InChI=1S/C11H19N3O/c12-10-2-3-11(8-10)15-7-1-5-14-6-4-13-9-14/h4,6,9-11H,1-3,5,7-8,12H2. The average Bonchev–Trinajstić information content (AvgIpc) is 2.84. The zero-order valence-corrected chi connectivity index (χ0v) is 9.01. The Kier molecular flexibility index (Phi) is 3.75. The van der Waals surface area contributed by atoms with E-state index in [0.717, 1.165) is 38.8 Å². The number of hydrogen-bond acceptors (Lipinski definition) is 3. The largest absolute Gasteiger partial charge is 0.378 e. The van der Waals surface area contributed by atoms with Crippen molar-refractivity contribution in [2.24, 2.45) is 5.73 Å². The van der Waals surface area contributed by atoms with E-state index in [4.69, 9.17) is 10.5 Å². The molecule has 4 heteroatoms. The highest BCUT2D eigenvalue weighted by atomic mass is 16.5. The van der Waals surface area contributed by atoms with Crippen molar-refractivity contribution in [3.05, 3.63) is 18.7 Å². The van der Waals surface area contributed by atoms with Crippen LogP contribution in [0.3, 0.4) is 0 Å². The molecule has 0 aromatic carbocycles. The second-order valence-corrected chi connectivity index (χ2v) is 4.22. The second kappa shape index (κ2) is 5.28. The lowest BCUT2D eigenvalue weighted by atomic mass is 10.3. The van der Waals surface area contributed by atoms with E-state index in [1.165, 1.54) is 0 Å². The van der Waals surface area contributed by atoms with Gasteiger partial charge in [-0.2, -0.15) is 0 Å². The number of rotatable bonds is 5. The van der Waals surface area contributed by atoms with Crippen molar-refractivity contribution in [3.8, 4) is 0 Å². The van der Waals surface area contributed by atoms with Gasteiger partial charge in [-0.1, -0.05) is 0 Å². The summed E-state index contributed by atoms with van der Waals surface area (Å²) in [6, 6.07) is 0.364. The first-order valence-corrected chi connectivity index (χ1v) is 5.67. The van der Waals surface area contributed by atoms with Gasteiger partial charge in [0.25, 0.3) is 0 Å². The minimum atomic E-state index is 0.364. The molecule has 15 heavy (non-hydrogen) atoms. The van der Waals surface area contributed by atoms with Crippen molar-refractivity contribution in [3.63, 3.8) is 0 Å². The molecule has 2 N–H and O–H groups in total. The molecule has 4 nitrogen and oxygen atoms in total. The molecule has 1 heterocycles. The first-order valence-electron chi connectivity index (χ1n) is 5.67. The lowest BCUT2D eigenvalue weighted by Crippen LogP contribution is -2.18. The van der Waals surface area contributed by atoms with E-state index in [9.17, 15) is 0 Å². The summed E-state index contributed by atoms with van der Waals surface area (Å²) in [6.45, 7) is 1.81. The number of nitrogens with zero attached hydrogens (tertiary/aromatic N) is 2. The van der Waals surface area contributed by atoms with Gasteiger partial charge in [0.15, 0.2) is 0 Å². The molecule has 0 aliphatic heterocycles. The summed E-state index contributed by atoms with van der Waals surface area (Å²) in [6.07, 6.45) is 10.3. The van der Waals surface area contributed by atoms with Crippen LogP contribution < -0.4 is 5.73 Å². The van der Waals surface area contributed by atoms with Gasteiger partial charge in [0.1, 0.15) is 0 Å². The first-order chi connectivity index (χ1) is 7.34. The maximum atomic E-state index is 5.81. The predicted molar refractivity (Wildman–Crippen MR) is 58.4 cm³/mol. The lowest BCUT2D eigenvalue weighted by molar-refractivity contribution is 0.0540. The Balaban J connectivity index is 1.55. The minimum absolute atomic E-state index is 0.364. The van der Waals surface area contributed by atoms with Crippen LogP contribution in [-0.2, 0) is 11.3 Å². The van der Waals surface area contributed by atoms with Crippen LogP contribution in [0.2, 0.25) is 0 Å². The molecule has 1 aliphatic carbocycles. The molecule has 1 aromatic rings. The number of nitrogens with two attached hydrogens (primary N) is 1. The third-order valence-electron chi connectivity index (χ3n) is 2.90. The molecule has 0 spiro atoms. The van der Waals surface area contributed by atoms with Crippen molar-refractivity contribution >= 4 is 0 Å². The summed E-state index contributed by atoms with van der Waals surface area (Å²) >= 11 is 0. The van der Waals surface area contributed by atoms with Crippen LogP contribution in [0.5, 0.6) is 0 Å². The van der Waals surface area contributed by atoms with E-state index in [0.29, 0.717) is 12.1 Å².